The van der Waals surface area contributed by atoms with E-state index in [1.165, 1.54) is 0 Å². The van der Waals surface area contributed by atoms with Gasteiger partial charge in [0.1, 0.15) is 0 Å². The molecular formula is C24H25N3O2. The van der Waals surface area contributed by atoms with Crippen LogP contribution in [0.3, 0.4) is 0 Å². The van der Waals surface area contributed by atoms with Gasteiger partial charge in [-0.25, -0.2) is 0 Å². The first-order valence-electron chi connectivity index (χ1n) is 10.2. The molecule has 1 aromatic heterocycles. The average Bonchev–Trinajstić information content (AvgIpc) is 3.15. The molecule has 1 aliphatic heterocycles. The number of amides is 2. The Kier molecular flexibility index (Phi) is 5.56. The molecule has 4 rings (SSSR count). The van der Waals surface area contributed by atoms with E-state index in [1.54, 1.807) is 11.1 Å². The lowest BCUT2D eigenvalue weighted by Gasteiger charge is -2.20. The Morgan fingerprint density at radius 3 is 2.76 bits per heavy atom. The Morgan fingerprint density at radius 1 is 1.10 bits per heavy atom. The van der Waals surface area contributed by atoms with E-state index in [9.17, 15) is 9.59 Å². The van der Waals surface area contributed by atoms with Crippen LogP contribution in [0.1, 0.15) is 24.5 Å². The van der Waals surface area contributed by atoms with Crippen LogP contribution in [0.4, 0.5) is 5.69 Å². The molecule has 0 aliphatic carbocycles. The highest BCUT2D eigenvalue weighted by atomic mass is 16.2. The van der Waals surface area contributed by atoms with Crippen molar-refractivity contribution >= 4 is 28.4 Å². The second-order valence-corrected chi connectivity index (χ2v) is 7.42. The first kappa shape index (κ1) is 19.1. The Labute approximate surface area is 170 Å². The van der Waals surface area contributed by atoms with E-state index < -0.39 is 0 Å². The van der Waals surface area contributed by atoms with E-state index in [0.717, 1.165) is 34.1 Å². The van der Waals surface area contributed by atoms with Crippen LogP contribution in [0, 0.1) is 5.92 Å². The summed E-state index contributed by atoms with van der Waals surface area (Å²) in [5, 5.41) is 4.11. The molecule has 5 heteroatoms. The SMILES string of the molecule is CCc1ccccc1N1CC(C(=O)NCCc2cccc3cccnc23)CC1=O. The maximum atomic E-state index is 12.7. The van der Waals surface area contributed by atoms with Gasteiger partial charge in [-0.3, -0.25) is 14.6 Å². The van der Waals surface area contributed by atoms with Gasteiger partial charge in [0.25, 0.3) is 0 Å². The summed E-state index contributed by atoms with van der Waals surface area (Å²) in [7, 11) is 0. The number of nitrogens with zero attached hydrogens (tertiary/aromatic N) is 2. The van der Waals surface area contributed by atoms with E-state index in [-0.39, 0.29) is 24.2 Å². The summed E-state index contributed by atoms with van der Waals surface area (Å²) in [4.78, 5) is 31.4. The standard InChI is InChI=1S/C24H25N3O2/c1-2-17-7-3-4-11-21(17)27-16-20(15-22(27)28)24(29)26-14-12-19-9-5-8-18-10-6-13-25-23(18)19/h3-11,13,20H,2,12,14-16H2,1H3,(H,26,29). The quantitative estimate of drug-likeness (QED) is 0.704. The number of benzene rings is 2. The third-order valence-corrected chi connectivity index (χ3v) is 5.57. The van der Waals surface area contributed by atoms with Crippen molar-refractivity contribution in [2.75, 3.05) is 18.0 Å². The zero-order valence-electron chi connectivity index (χ0n) is 16.6. The van der Waals surface area contributed by atoms with Gasteiger partial charge in [-0.1, -0.05) is 49.4 Å². The highest BCUT2D eigenvalue weighted by Crippen LogP contribution is 2.28. The van der Waals surface area contributed by atoms with E-state index >= 15 is 0 Å². The Balaban J connectivity index is 1.37. The van der Waals surface area contributed by atoms with Gasteiger partial charge >= 0.3 is 0 Å². The van der Waals surface area contributed by atoms with Crippen molar-refractivity contribution in [2.24, 2.45) is 5.92 Å². The molecular weight excluding hydrogens is 362 g/mol. The smallest absolute Gasteiger partial charge is 0.227 e. The second kappa shape index (κ2) is 8.43. The highest BCUT2D eigenvalue weighted by molar-refractivity contribution is 6.00. The van der Waals surface area contributed by atoms with Crippen LogP contribution in [0.2, 0.25) is 0 Å². The lowest BCUT2D eigenvalue weighted by molar-refractivity contribution is -0.126. The summed E-state index contributed by atoms with van der Waals surface area (Å²) in [6.07, 6.45) is 3.62. The van der Waals surface area contributed by atoms with E-state index in [0.29, 0.717) is 19.5 Å². The molecule has 2 amide bonds. The van der Waals surface area contributed by atoms with Crippen LogP contribution >= 0.6 is 0 Å². The van der Waals surface area contributed by atoms with Gasteiger partial charge in [-0.15, -0.1) is 0 Å². The van der Waals surface area contributed by atoms with Gasteiger partial charge in [-0.2, -0.15) is 0 Å². The first-order chi connectivity index (χ1) is 14.2. The van der Waals surface area contributed by atoms with Gasteiger partial charge < -0.3 is 10.2 Å². The number of nitrogens with one attached hydrogen (secondary N) is 1. The predicted octanol–water partition coefficient (Wildman–Crippen LogP) is 3.51. The van der Waals surface area contributed by atoms with E-state index in [1.807, 2.05) is 54.6 Å². The normalized spacial score (nSPS) is 16.4. The monoisotopic (exact) mass is 387 g/mol. The van der Waals surface area contributed by atoms with Crippen molar-refractivity contribution in [3.05, 3.63) is 71.9 Å². The van der Waals surface area contributed by atoms with Gasteiger partial charge in [0.2, 0.25) is 11.8 Å². The van der Waals surface area contributed by atoms with Gasteiger partial charge in [0.15, 0.2) is 0 Å². The number of carbonyl (C=O) groups is 2. The van der Waals surface area contributed by atoms with Crippen molar-refractivity contribution in [3.63, 3.8) is 0 Å². The molecule has 0 spiro atoms. The van der Waals surface area contributed by atoms with Crippen LogP contribution in [-0.2, 0) is 22.4 Å². The molecule has 1 N–H and O–H groups in total. The van der Waals surface area contributed by atoms with Crippen molar-refractivity contribution in [2.45, 2.75) is 26.2 Å². The summed E-state index contributed by atoms with van der Waals surface area (Å²) in [5.41, 5.74) is 4.15. The minimum Gasteiger partial charge on any atom is -0.355 e. The van der Waals surface area contributed by atoms with Crippen LogP contribution in [0.25, 0.3) is 10.9 Å². The molecule has 148 valence electrons. The fourth-order valence-electron chi connectivity index (χ4n) is 4.02. The van der Waals surface area contributed by atoms with Crippen molar-refractivity contribution in [1.29, 1.82) is 0 Å². The van der Waals surface area contributed by atoms with Crippen molar-refractivity contribution in [1.82, 2.24) is 10.3 Å². The lowest BCUT2D eigenvalue weighted by Crippen LogP contribution is -2.34. The zero-order chi connectivity index (χ0) is 20.2. The number of fused-ring (bicyclic) bond motifs is 1. The molecule has 0 radical (unpaired) electrons. The van der Waals surface area contributed by atoms with Crippen LogP contribution in [-0.4, -0.2) is 29.9 Å². The topological polar surface area (TPSA) is 62.3 Å². The summed E-state index contributed by atoms with van der Waals surface area (Å²) >= 11 is 0. The Bertz CT molecular complexity index is 1040. The van der Waals surface area contributed by atoms with Gasteiger partial charge in [0, 0.05) is 36.8 Å². The molecule has 1 fully saturated rings. The molecule has 0 bridgehead atoms. The maximum Gasteiger partial charge on any atom is 0.227 e. The summed E-state index contributed by atoms with van der Waals surface area (Å²) in [6, 6.07) is 18.0. The largest absolute Gasteiger partial charge is 0.355 e. The Morgan fingerprint density at radius 2 is 1.90 bits per heavy atom. The van der Waals surface area contributed by atoms with Crippen molar-refractivity contribution < 1.29 is 9.59 Å². The molecule has 1 atom stereocenters. The van der Waals surface area contributed by atoms with Crippen molar-refractivity contribution in [3.8, 4) is 0 Å². The molecule has 1 aliphatic rings. The predicted molar refractivity (Wildman–Crippen MR) is 115 cm³/mol. The number of anilines is 1. The molecule has 5 nitrogen and oxygen atoms in total. The molecule has 2 heterocycles. The maximum absolute atomic E-state index is 12.7. The zero-order valence-corrected chi connectivity index (χ0v) is 16.6. The number of para-hydroxylation sites is 2. The minimum atomic E-state index is -0.307. The molecule has 3 aromatic rings. The number of hydrogen-bond acceptors (Lipinski definition) is 3. The fourth-order valence-corrected chi connectivity index (χ4v) is 4.02. The van der Waals surface area contributed by atoms with E-state index in [2.05, 4.69) is 17.2 Å². The summed E-state index contributed by atoms with van der Waals surface area (Å²) in [5.74, 6) is -0.342. The average molecular weight is 387 g/mol. The summed E-state index contributed by atoms with van der Waals surface area (Å²) in [6.45, 7) is 3.05. The molecule has 1 unspecified atom stereocenters. The number of aryl methyl sites for hydroxylation is 1. The highest BCUT2D eigenvalue weighted by Gasteiger charge is 2.35. The van der Waals surface area contributed by atoms with Crippen LogP contribution in [0.15, 0.2) is 60.8 Å². The Hall–Kier alpha value is -3.21. The van der Waals surface area contributed by atoms with Gasteiger partial charge in [-0.05, 0) is 36.1 Å². The van der Waals surface area contributed by atoms with Crippen LogP contribution in [0.5, 0.6) is 0 Å². The van der Waals surface area contributed by atoms with Crippen LogP contribution < -0.4 is 10.2 Å². The number of aromatic nitrogens is 1. The summed E-state index contributed by atoms with van der Waals surface area (Å²) < 4.78 is 0. The number of rotatable bonds is 6. The first-order valence-corrected chi connectivity index (χ1v) is 10.2. The third kappa shape index (κ3) is 3.99. The molecule has 1 saturated heterocycles. The molecule has 0 saturated carbocycles. The van der Waals surface area contributed by atoms with Gasteiger partial charge in [0.05, 0.1) is 11.4 Å². The lowest BCUT2D eigenvalue weighted by atomic mass is 10.1. The molecule has 29 heavy (non-hydrogen) atoms. The minimum absolute atomic E-state index is 0.0179. The fraction of sp³-hybridized carbons (Fsp3) is 0.292. The second-order valence-electron chi connectivity index (χ2n) is 7.42. The molecule has 2 aromatic carbocycles. The third-order valence-electron chi connectivity index (χ3n) is 5.57. The number of pyridine rings is 1. The number of carbonyl (C=O) groups excluding carboxylic acids is 2. The number of hydrogen-bond donors (Lipinski definition) is 1. The van der Waals surface area contributed by atoms with E-state index in [4.69, 9.17) is 0 Å².